The number of aliphatic hydroxyl groups excluding tert-OH is 1. The van der Waals surface area contributed by atoms with E-state index in [1.807, 2.05) is 24.3 Å². The third-order valence-corrected chi connectivity index (χ3v) is 2.52. The second-order valence-electron chi connectivity index (χ2n) is 3.55. The van der Waals surface area contributed by atoms with Crippen LogP contribution >= 0.6 is 0 Å². The van der Waals surface area contributed by atoms with Crippen LogP contribution in [0, 0.1) is 0 Å². The number of benzene rings is 1. The molecular formula is C11H14N2O2. The fourth-order valence-electron chi connectivity index (χ4n) is 1.70. The first-order valence-corrected chi connectivity index (χ1v) is 4.90. The molecule has 1 aromatic heterocycles. The number of aromatic nitrogens is 1. The third kappa shape index (κ3) is 1.69. The number of hydrogen-bond donors (Lipinski definition) is 4. The SMILES string of the molecule is N[C@H](CCO)c1[nH]c2ccccc2c1O. The maximum atomic E-state index is 9.89. The van der Waals surface area contributed by atoms with E-state index in [1.54, 1.807) is 0 Å². The summed E-state index contributed by atoms with van der Waals surface area (Å²) in [4.78, 5) is 3.06. The van der Waals surface area contributed by atoms with Crippen molar-refractivity contribution in [3.8, 4) is 5.75 Å². The second kappa shape index (κ2) is 3.92. The molecule has 0 bridgehead atoms. The zero-order chi connectivity index (χ0) is 10.8. The van der Waals surface area contributed by atoms with Crippen LogP contribution in [0.4, 0.5) is 0 Å². The van der Waals surface area contributed by atoms with E-state index in [4.69, 9.17) is 10.8 Å². The first-order chi connectivity index (χ1) is 7.24. The van der Waals surface area contributed by atoms with Crippen molar-refractivity contribution in [1.82, 2.24) is 4.98 Å². The predicted octanol–water partition coefficient (Wildman–Crippen LogP) is 1.26. The number of hydrogen-bond acceptors (Lipinski definition) is 3. The van der Waals surface area contributed by atoms with Gasteiger partial charge in [-0.3, -0.25) is 0 Å². The normalized spacial score (nSPS) is 13.2. The summed E-state index contributed by atoms with van der Waals surface area (Å²) in [5, 5.41) is 19.4. The molecule has 0 saturated heterocycles. The quantitative estimate of drug-likeness (QED) is 0.610. The summed E-state index contributed by atoms with van der Waals surface area (Å²) in [7, 11) is 0. The Bertz CT molecular complexity index is 465. The Hall–Kier alpha value is -1.52. The van der Waals surface area contributed by atoms with Gasteiger partial charge in [-0.1, -0.05) is 12.1 Å². The Kier molecular flexibility index (Phi) is 2.62. The number of para-hydroxylation sites is 1. The van der Waals surface area contributed by atoms with Crippen molar-refractivity contribution in [3.63, 3.8) is 0 Å². The fraction of sp³-hybridized carbons (Fsp3) is 0.273. The summed E-state index contributed by atoms with van der Waals surface area (Å²) in [6.45, 7) is 0.00989. The average molecular weight is 206 g/mol. The number of aromatic hydroxyl groups is 1. The molecule has 1 heterocycles. The summed E-state index contributed by atoms with van der Waals surface area (Å²) in [5.41, 5.74) is 7.27. The number of fused-ring (bicyclic) bond motifs is 1. The van der Waals surface area contributed by atoms with Crippen molar-refractivity contribution in [3.05, 3.63) is 30.0 Å². The highest BCUT2D eigenvalue weighted by Crippen LogP contribution is 2.32. The molecule has 0 spiro atoms. The summed E-state index contributed by atoms with van der Waals surface area (Å²) in [6.07, 6.45) is 0.431. The molecular weight excluding hydrogens is 192 g/mol. The molecule has 0 amide bonds. The third-order valence-electron chi connectivity index (χ3n) is 2.52. The molecule has 0 aliphatic rings. The van der Waals surface area contributed by atoms with Gasteiger partial charge >= 0.3 is 0 Å². The van der Waals surface area contributed by atoms with Crippen molar-refractivity contribution in [2.24, 2.45) is 5.73 Å². The van der Waals surface area contributed by atoms with Crippen LogP contribution in [0.2, 0.25) is 0 Å². The molecule has 2 aromatic rings. The zero-order valence-corrected chi connectivity index (χ0v) is 8.27. The van der Waals surface area contributed by atoms with E-state index in [-0.39, 0.29) is 18.4 Å². The molecule has 0 aliphatic heterocycles. The molecule has 4 heteroatoms. The van der Waals surface area contributed by atoms with Gasteiger partial charge in [0.1, 0.15) is 5.75 Å². The summed E-state index contributed by atoms with van der Waals surface area (Å²) >= 11 is 0. The summed E-state index contributed by atoms with van der Waals surface area (Å²) < 4.78 is 0. The number of nitrogens with two attached hydrogens (primary N) is 1. The van der Waals surface area contributed by atoms with Gasteiger partial charge in [-0.05, 0) is 18.6 Å². The Labute approximate surface area is 87.3 Å². The van der Waals surface area contributed by atoms with Crippen LogP contribution in [0.25, 0.3) is 10.9 Å². The molecule has 4 nitrogen and oxygen atoms in total. The van der Waals surface area contributed by atoms with Gasteiger partial charge in [0.25, 0.3) is 0 Å². The van der Waals surface area contributed by atoms with Crippen molar-refractivity contribution in [2.75, 3.05) is 6.61 Å². The minimum Gasteiger partial charge on any atom is -0.505 e. The molecule has 1 aromatic carbocycles. The van der Waals surface area contributed by atoms with Gasteiger partial charge in [0.05, 0.1) is 11.7 Å². The minimum atomic E-state index is -0.359. The van der Waals surface area contributed by atoms with Crippen LogP contribution in [0.1, 0.15) is 18.2 Å². The Morgan fingerprint density at radius 1 is 1.33 bits per heavy atom. The molecule has 15 heavy (non-hydrogen) atoms. The van der Waals surface area contributed by atoms with E-state index in [2.05, 4.69) is 4.98 Å². The maximum absolute atomic E-state index is 9.89. The summed E-state index contributed by atoms with van der Waals surface area (Å²) in [6, 6.07) is 7.10. The van der Waals surface area contributed by atoms with Gasteiger partial charge in [0.15, 0.2) is 0 Å². The highest BCUT2D eigenvalue weighted by Gasteiger charge is 2.15. The largest absolute Gasteiger partial charge is 0.505 e. The van der Waals surface area contributed by atoms with Crippen molar-refractivity contribution >= 4 is 10.9 Å². The maximum Gasteiger partial charge on any atom is 0.145 e. The Morgan fingerprint density at radius 2 is 2.07 bits per heavy atom. The van der Waals surface area contributed by atoms with Crippen LogP contribution in [-0.4, -0.2) is 21.8 Å². The molecule has 1 atom stereocenters. The molecule has 80 valence electrons. The van der Waals surface area contributed by atoms with Crippen LogP contribution < -0.4 is 5.73 Å². The van der Waals surface area contributed by atoms with E-state index in [1.165, 1.54) is 0 Å². The van der Waals surface area contributed by atoms with Gasteiger partial charge < -0.3 is 20.9 Å². The number of aromatic amines is 1. The lowest BCUT2D eigenvalue weighted by Crippen LogP contribution is -2.12. The molecule has 0 saturated carbocycles. The lowest BCUT2D eigenvalue weighted by molar-refractivity contribution is 0.274. The number of H-pyrrole nitrogens is 1. The molecule has 0 unspecified atom stereocenters. The highest BCUT2D eigenvalue weighted by atomic mass is 16.3. The molecule has 5 N–H and O–H groups in total. The fourth-order valence-corrected chi connectivity index (χ4v) is 1.70. The average Bonchev–Trinajstić information content (AvgIpc) is 2.57. The zero-order valence-electron chi connectivity index (χ0n) is 8.27. The van der Waals surface area contributed by atoms with Crippen LogP contribution in [-0.2, 0) is 0 Å². The van der Waals surface area contributed by atoms with Crippen LogP contribution in [0.5, 0.6) is 5.75 Å². The number of nitrogens with one attached hydrogen (secondary N) is 1. The van der Waals surface area contributed by atoms with Crippen molar-refractivity contribution in [1.29, 1.82) is 0 Å². The standard InChI is InChI=1S/C11H14N2O2/c12-8(5-6-14)10-11(15)7-3-1-2-4-9(7)13-10/h1-4,8,13-15H,5-6,12H2/t8-/m1/s1. The minimum absolute atomic E-state index is 0.00989. The lowest BCUT2D eigenvalue weighted by atomic mass is 10.1. The van der Waals surface area contributed by atoms with Gasteiger partial charge in [-0.15, -0.1) is 0 Å². The second-order valence-corrected chi connectivity index (χ2v) is 3.55. The smallest absolute Gasteiger partial charge is 0.145 e. The van der Waals surface area contributed by atoms with Crippen molar-refractivity contribution in [2.45, 2.75) is 12.5 Å². The molecule has 0 aliphatic carbocycles. The lowest BCUT2D eigenvalue weighted by Gasteiger charge is -2.07. The van der Waals surface area contributed by atoms with Gasteiger partial charge in [0, 0.05) is 17.5 Å². The molecule has 0 fully saturated rings. The van der Waals surface area contributed by atoms with E-state index in [0.29, 0.717) is 12.1 Å². The van der Waals surface area contributed by atoms with Gasteiger partial charge in [-0.2, -0.15) is 0 Å². The predicted molar refractivity (Wildman–Crippen MR) is 58.6 cm³/mol. The molecule has 2 rings (SSSR count). The monoisotopic (exact) mass is 206 g/mol. The number of aliphatic hydroxyl groups is 1. The molecule has 0 radical (unpaired) electrons. The van der Waals surface area contributed by atoms with E-state index >= 15 is 0 Å². The van der Waals surface area contributed by atoms with Crippen molar-refractivity contribution < 1.29 is 10.2 Å². The van der Waals surface area contributed by atoms with Gasteiger partial charge in [0.2, 0.25) is 0 Å². The Balaban J connectivity index is 2.48. The topological polar surface area (TPSA) is 82.3 Å². The van der Waals surface area contributed by atoms with E-state index < -0.39 is 0 Å². The Morgan fingerprint density at radius 3 is 2.73 bits per heavy atom. The summed E-state index contributed by atoms with van der Waals surface area (Å²) in [5.74, 6) is 0.187. The van der Waals surface area contributed by atoms with E-state index in [0.717, 1.165) is 10.9 Å². The van der Waals surface area contributed by atoms with Crippen LogP contribution in [0.15, 0.2) is 24.3 Å². The first kappa shape index (κ1) is 10.0. The van der Waals surface area contributed by atoms with E-state index in [9.17, 15) is 5.11 Å². The highest BCUT2D eigenvalue weighted by molar-refractivity contribution is 5.87. The first-order valence-electron chi connectivity index (χ1n) is 4.90. The van der Waals surface area contributed by atoms with Crippen LogP contribution in [0.3, 0.4) is 0 Å². The number of rotatable bonds is 3. The van der Waals surface area contributed by atoms with Gasteiger partial charge in [-0.25, -0.2) is 0 Å².